The second-order valence-electron chi connectivity index (χ2n) is 4.56. The lowest BCUT2D eigenvalue weighted by Crippen LogP contribution is -2.38. The van der Waals surface area contributed by atoms with E-state index in [1.807, 2.05) is 0 Å². The summed E-state index contributed by atoms with van der Waals surface area (Å²) in [4.78, 5) is 22.5. The summed E-state index contributed by atoms with van der Waals surface area (Å²) in [7, 11) is -2.45. The van der Waals surface area contributed by atoms with E-state index in [0.717, 1.165) is 4.31 Å². The van der Waals surface area contributed by atoms with Gasteiger partial charge in [0, 0.05) is 26.2 Å². The standard InChI is InChI=1S/C14H19N3O4S/c1-4-9-15-14(19)10-17(3)22(20,21)13-7-5-12(6-8-13)16-11(2)18/h4-8H,1,9-10H2,2-3H3,(H,15,19)(H,16,18). The number of hydrogen-bond donors (Lipinski definition) is 2. The molecule has 0 aliphatic heterocycles. The Hall–Kier alpha value is -2.19. The van der Waals surface area contributed by atoms with E-state index in [9.17, 15) is 18.0 Å². The number of carbonyl (C=O) groups is 2. The highest BCUT2D eigenvalue weighted by molar-refractivity contribution is 7.89. The van der Waals surface area contributed by atoms with Gasteiger partial charge < -0.3 is 10.6 Å². The molecule has 0 unspecified atom stereocenters. The second-order valence-corrected chi connectivity index (χ2v) is 6.60. The lowest BCUT2D eigenvalue weighted by molar-refractivity contribution is -0.121. The summed E-state index contributed by atoms with van der Waals surface area (Å²) in [6, 6.07) is 5.72. The van der Waals surface area contributed by atoms with Gasteiger partial charge in [0.25, 0.3) is 0 Å². The summed E-state index contributed by atoms with van der Waals surface area (Å²) < 4.78 is 25.6. The Morgan fingerprint density at radius 1 is 1.27 bits per heavy atom. The molecule has 7 nitrogen and oxygen atoms in total. The zero-order valence-electron chi connectivity index (χ0n) is 12.5. The topological polar surface area (TPSA) is 95.6 Å². The molecular formula is C14H19N3O4S. The quantitative estimate of drug-likeness (QED) is 0.716. The van der Waals surface area contributed by atoms with Crippen molar-refractivity contribution in [3.05, 3.63) is 36.9 Å². The average Bonchev–Trinajstić information content (AvgIpc) is 2.45. The molecule has 0 saturated heterocycles. The first kappa shape index (κ1) is 17.9. The van der Waals surface area contributed by atoms with Gasteiger partial charge in [0.05, 0.1) is 11.4 Å². The Balaban J connectivity index is 2.82. The second kappa shape index (κ2) is 7.71. The maximum atomic E-state index is 12.3. The third kappa shape index (κ3) is 4.97. The van der Waals surface area contributed by atoms with Crippen LogP contribution in [0.5, 0.6) is 0 Å². The Kier molecular flexibility index (Phi) is 6.26. The first-order valence-electron chi connectivity index (χ1n) is 6.49. The molecule has 2 amide bonds. The molecule has 0 bridgehead atoms. The minimum absolute atomic E-state index is 0.0422. The molecular weight excluding hydrogens is 306 g/mol. The van der Waals surface area contributed by atoms with E-state index >= 15 is 0 Å². The Morgan fingerprint density at radius 2 is 1.86 bits per heavy atom. The van der Waals surface area contributed by atoms with Crippen LogP contribution >= 0.6 is 0 Å². The number of rotatable bonds is 7. The molecule has 0 fully saturated rings. The molecule has 1 aromatic carbocycles. The molecule has 1 aromatic rings. The normalized spacial score (nSPS) is 11.0. The number of likely N-dealkylation sites (N-methyl/N-ethyl adjacent to an activating group) is 1. The molecule has 0 aliphatic rings. The molecule has 0 radical (unpaired) electrons. The van der Waals surface area contributed by atoms with Crippen LogP contribution in [0.2, 0.25) is 0 Å². The van der Waals surface area contributed by atoms with Crippen LogP contribution in [0.25, 0.3) is 0 Å². The van der Waals surface area contributed by atoms with E-state index in [0.29, 0.717) is 5.69 Å². The number of anilines is 1. The number of sulfonamides is 1. The molecule has 0 heterocycles. The number of amides is 2. The van der Waals surface area contributed by atoms with Gasteiger partial charge >= 0.3 is 0 Å². The van der Waals surface area contributed by atoms with Crippen LogP contribution in [0, 0.1) is 0 Å². The number of hydrogen-bond acceptors (Lipinski definition) is 4. The van der Waals surface area contributed by atoms with Crippen LogP contribution in [0.4, 0.5) is 5.69 Å². The highest BCUT2D eigenvalue weighted by Gasteiger charge is 2.22. The first-order valence-corrected chi connectivity index (χ1v) is 7.93. The molecule has 2 N–H and O–H groups in total. The molecule has 120 valence electrons. The lowest BCUT2D eigenvalue weighted by Gasteiger charge is -2.17. The van der Waals surface area contributed by atoms with E-state index in [1.165, 1.54) is 44.3 Å². The van der Waals surface area contributed by atoms with Crippen molar-refractivity contribution in [2.75, 3.05) is 25.5 Å². The van der Waals surface area contributed by atoms with Gasteiger partial charge in [-0.3, -0.25) is 9.59 Å². The van der Waals surface area contributed by atoms with Crippen molar-refractivity contribution in [1.82, 2.24) is 9.62 Å². The van der Waals surface area contributed by atoms with Crippen molar-refractivity contribution in [2.45, 2.75) is 11.8 Å². The predicted molar refractivity (Wildman–Crippen MR) is 83.8 cm³/mol. The Morgan fingerprint density at radius 3 is 2.36 bits per heavy atom. The van der Waals surface area contributed by atoms with Gasteiger partial charge in [0.2, 0.25) is 21.8 Å². The zero-order valence-corrected chi connectivity index (χ0v) is 13.3. The summed E-state index contributed by atoms with van der Waals surface area (Å²) in [5.41, 5.74) is 0.498. The van der Waals surface area contributed by atoms with Gasteiger partial charge in [-0.1, -0.05) is 6.08 Å². The number of nitrogens with one attached hydrogen (secondary N) is 2. The largest absolute Gasteiger partial charge is 0.351 e. The molecule has 0 saturated carbocycles. The van der Waals surface area contributed by atoms with Crippen LogP contribution in [0.3, 0.4) is 0 Å². The molecule has 0 aliphatic carbocycles. The van der Waals surface area contributed by atoms with Crippen molar-refractivity contribution in [2.24, 2.45) is 0 Å². The maximum absolute atomic E-state index is 12.3. The Bertz CT molecular complexity index is 653. The molecule has 0 aromatic heterocycles. The van der Waals surface area contributed by atoms with Crippen LogP contribution in [0.15, 0.2) is 41.8 Å². The third-order valence-corrected chi connectivity index (χ3v) is 4.51. The van der Waals surface area contributed by atoms with Crippen molar-refractivity contribution in [1.29, 1.82) is 0 Å². The van der Waals surface area contributed by atoms with Crippen molar-refractivity contribution in [3.8, 4) is 0 Å². The van der Waals surface area contributed by atoms with Gasteiger partial charge in [0.1, 0.15) is 0 Å². The van der Waals surface area contributed by atoms with Crippen molar-refractivity contribution in [3.63, 3.8) is 0 Å². The summed E-state index contributed by atoms with van der Waals surface area (Å²) in [5.74, 6) is -0.660. The molecule has 0 atom stereocenters. The summed E-state index contributed by atoms with van der Waals surface area (Å²) in [5, 5.41) is 5.05. The third-order valence-electron chi connectivity index (χ3n) is 2.69. The smallest absolute Gasteiger partial charge is 0.243 e. The van der Waals surface area contributed by atoms with E-state index < -0.39 is 15.9 Å². The van der Waals surface area contributed by atoms with Crippen LogP contribution in [0.1, 0.15) is 6.92 Å². The minimum Gasteiger partial charge on any atom is -0.351 e. The first-order chi connectivity index (χ1) is 10.3. The van der Waals surface area contributed by atoms with Crippen molar-refractivity contribution < 1.29 is 18.0 Å². The van der Waals surface area contributed by atoms with Gasteiger partial charge in [-0.25, -0.2) is 8.42 Å². The minimum atomic E-state index is -3.77. The van der Waals surface area contributed by atoms with Crippen molar-refractivity contribution >= 4 is 27.5 Å². The highest BCUT2D eigenvalue weighted by atomic mass is 32.2. The van der Waals surface area contributed by atoms with Gasteiger partial charge in [-0.2, -0.15) is 4.31 Å². The summed E-state index contributed by atoms with van der Waals surface area (Å²) in [6.07, 6.45) is 1.51. The zero-order chi connectivity index (χ0) is 16.8. The summed E-state index contributed by atoms with van der Waals surface area (Å²) >= 11 is 0. The average molecular weight is 325 g/mol. The van der Waals surface area contributed by atoms with Crippen LogP contribution in [-0.4, -0.2) is 44.7 Å². The predicted octanol–water partition coefficient (Wildman–Crippen LogP) is 0.568. The Labute approximate surface area is 130 Å². The highest BCUT2D eigenvalue weighted by Crippen LogP contribution is 2.17. The van der Waals surface area contributed by atoms with E-state index in [-0.39, 0.29) is 23.9 Å². The van der Waals surface area contributed by atoms with Crippen LogP contribution in [-0.2, 0) is 19.6 Å². The molecule has 8 heteroatoms. The molecule has 22 heavy (non-hydrogen) atoms. The van der Waals surface area contributed by atoms with Gasteiger partial charge in [-0.15, -0.1) is 6.58 Å². The monoisotopic (exact) mass is 325 g/mol. The van der Waals surface area contributed by atoms with E-state index in [4.69, 9.17) is 0 Å². The van der Waals surface area contributed by atoms with Crippen LogP contribution < -0.4 is 10.6 Å². The lowest BCUT2D eigenvalue weighted by atomic mass is 10.3. The number of benzene rings is 1. The SMILES string of the molecule is C=CCNC(=O)CN(C)S(=O)(=O)c1ccc(NC(C)=O)cc1. The van der Waals surface area contributed by atoms with Gasteiger partial charge in [0.15, 0.2) is 0 Å². The molecule has 0 spiro atoms. The fourth-order valence-electron chi connectivity index (χ4n) is 1.62. The van der Waals surface area contributed by atoms with Gasteiger partial charge in [-0.05, 0) is 24.3 Å². The summed E-state index contributed by atoms with van der Waals surface area (Å²) in [6.45, 7) is 4.81. The maximum Gasteiger partial charge on any atom is 0.243 e. The number of carbonyl (C=O) groups excluding carboxylic acids is 2. The van der Waals surface area contributed by atoms with E-state index in [1.54, 1.807) is 0 Å². The fraction of sp³-hybridized carbons (Fsp3) is 0.286. The number of nitrogens with zero attached hydrogens (tertiary/aromatic N) is 1. The molecule has 1 rings (SSSR count). The van der Waals surface area contributed by atoms with E-state index in [2.05, 4.69) is 17.2 Å². The fourth-order valence-corrected chi connectivity index (χ4v) is 2.75.